The third-order valence-electron chi connectivity index (χ3n) is 4.19. The lowest BCUT2D eigenvalue weighted by Crippen LogP contribution is -2.12. The van der Waals surface area contributed by atoms with Crippen molar-refractivity contribution in [2.75, 3.05) is 45.0 Å². The number of nitrogens with one attached hydrogen (secondary N) is 1. The van der Waals surface area contributed by atoms with E-state index in [1.807, 2.05) is 0 Å². The molecule has 0 aliphatic rings. The first-order valence-corrected chi connectivity index (χ1v) is 9.91. The normalized spacial score (nSPS) is 11.0. The Kier molecular flexibility index (Phi) is 8.45. The lowest BCUT2D eigenvalue weighted by Gasteiger charge is -2.11. The molecule has 0 atom stereocenters. The zero-order valence-corrected chi connectivity index (χ0v) is 17.5. The summed E-state index contributed by atoms with van der Waals surface area (Å²) in [4.78, 5) is 19.3. The van der Waals surface area contributed by atoms with Gasteiger partial charge in [-0.2, -0.15) is 0 Å². The van der Waals surface area contributed by atoms with Gasteiger partial charge in [0.25, 0.3) is 0 Å². The molecule has 0 bridgehead atoms. The fraction of sp³-hybridized carbons (Fsp3) is 0.300. The first kappa shape index (κ1) is 23.5. The molecule has 0 aliphatic carbocycles. The van der Waals surface area contributed by atoms with Crippen LogP contribution < -0.4 is 10.1 Å². The number of anilines is 2. The highest BCUT2D eigenvalue weighted by Crippen LogP contribution is 2.34. The Bertz CT molecular complexity index is 1090. The van der Waals surface area contributed by atoms with Crippen LogP contribution >= 0.6 is 11.6 Å². The van der Waals surface area contributed by atoms with Crippen molar-refractivity contribution in [3.05, 3.63) is 57.6 Å². The van der Waals surface area contributed by atoms with Crippen LogP contribution in [0, 0.1) is 15.9 Å². The van der Waals surface area contributed by atoms with Crippen LogP contribution in [-0.2, 0) is 9.47 Å². The quantitative estimate of drug-likeness (QED) is 0.234. The first-order chi connectivity index (χ1) is 15.5. The lowest BCUT2D eigenvalue weighted by atomic mass is 10.2. The van der Waals surface area contributed by atoms with E-state index in [1.165, 1.54) is 36.7 Å². The molecule has 0 spiro atoms. The van der Waals surface area contributed by atoms with Gasteiger partial charge in [0.2, 0.25) is 0 Å². The molecular formula is C20H20ClFN4O6. The Morgan fingerprint density at radius 3 is 2.56 bits per heavy atom. The molecule has 0 amide bonds. The molecule has 1 heterocycles. The molecule has 170 valence electrons. The minimum absolute atomic E-state index is 0.0390. The number of nitrogens with zero attached hydrogens (tertiary/aromatic N) is 3. The van der Waals surface area contributed by atoms with Gasteiger partial charge in [0.05, 0.1) is 53.9 Å². The van der Waals surface area contributed by atoms with Crippen LogP contribution in [0.4, 0.5) is 21.6 Å². The zero-order valence-electron chi connectivity index (χ0n) is 16.8. The molecule has 0 aliphatic heterocycles. The third kappa shape index (κ3) is 6.20. The van der Waals surface area contributed by atoms with Gasteiger partial charge in [-0.15, -0.1) is 0 Å². The van der Waals surface area contributed by atoms with Crippen molar-refractivity contribution < 1.29 is 28.6 Å². The maximum Gasteiger partial charge on any atom is 0.311 e. The maximum atomic E-state index is 13.4. The average Bonchev–Trinajstić information content (AvgIpc) is 2.77. The summed E-state index contributed by atoms with van der Waals surface area (Å²) in [5, 5.41) is 23.5. The summed E-state index contributed by atoms with van der Waals surface area (Å²) in [6.07, 6.45) is 1.29. The molecule has 3 aromatic rings. The lowest BCUT2D eigenvalue weighted by molar-refractivity contribution is -0.385. The van der Waals surface area contributed by atoms with Crippen LogP contribution in [0.1, 0.15) is 0 Å². The molecule has 0 fully saturated rings. The Balaban J connectivity index is 1.74. The summed E-state index contributed by atoms with van der Waals surface area (Å²) >= 11 is 5.81. The van der Waals surface area contributed by atoms with Gasteiger partial charge in [-0.1, -0.05) is 11.6 Å². The van der Waals surface area contributed by atoms with Gasteiger partial charge in [-0.3, -0.25) is 10.1 Å². The molecule has 2 N–H and O–H groups in total. The Labute approximate surface area is 187 Å². The molecule has 0 saturated heterocycles. The van der Waals surface area contributed by atoms with Crippen molar-refractivity contribution in [3.8, 4) is 5.75 Å². The number of rotatable bonds is 12. The smallest absolute Gasteiger partial charge is 0.311 e. The van der Waals surface area contributed by atoms with Gasteiger partial charge in [0, 0.05) is 17.8 Å². The summed E-state index contributed by atoms with van der Waals surface area (Å²) in [7, 11) is 0. The van der Waals surface area contributed by atoms with Gasteiger partial charge in [-0.25, -0.2) is 14.4 Å². The van der Waals surface area contributed by atoms with Gasteiger partial charge in [-0.05, 0) is 18.2 Å². The second kappa shape index (κ2) is 11.5. The van der Waals surface area contributed by atoms with Gasteiger partial charge >= 0.3 is 5.69 Å². The average molecular weight is 467 g/mol. The van der Waals surface area contributed by atoms with Crippen LogP contribution in [0.5, 0.6) is 5.75 Å². The molecule has 10 nitrogen and oxygen atoms in total. The minimum atomic E-state index is -0.566. The highest BCUT2D eigenvalue weighted by atomic mass is 35.5. The predicted octanol–water partition coefficient (Wildman–Crippen LogP) is 3.48. The number of aromatic nitrogens is 2. The highest BCUT2D eigenvalue weighted by molar-refractivity contribution is 6.31. The van der Waals surface area contributed by atoms with Crippen molar-refractivity contribution in [1.29, 1.82) is 0 Å². The van der Waals surface area contributed by atoms with Crippen molar-refractivity contribution in [2.24, 2.45) is 0 Å². The van der Waals surface area contributed by atoms with Crippen molar-refractivity contribution in [2.45, 2.75) is 0 Å². The summed E-state index contributed by atoms with van der Waals surface area (Å²) in [6.45, 7) is 1.07. The number of halogens is 2. The summed E-state index contributed by atoms with van der Waals surface area (Å²) in [5.41, 5.74) is 0.605. The second-order valence-corrected chi connectivity index (χ2v) is 6.77. The number of fused-ring (bicyclic) bond motifs is 1. The van der Waals surface area contributed by atoms with E-state index >= 15 is 0 Å². The number of nitro groups is 1. The van der Waals surface area contributed by atoms with Crippen LogP contribution in [0.25, 0.3) is 10.9 Å². The maximum absolute atomic E-state index is 13.4. The number of benzene rings is 2. The number of aliphatic hydroxyl groups is 1. The molecule has 0 radical (unpaired) electrons. The number of hydrogen-bond acceptors (Lipinski definition) is 9. The first-order valence-electron chi connectivity index (χ1n) is 9.54. The molecule has 3 rings (SSSR count). The fourth-order valence-electron chi connectivity index (χ4n) is 2.74. The summed E-state index contributed by atoms with van der Waals surface area (Å²) in [5.74, 6) is -0.237. The van der Waals surface area contributed by atoms with E-state index < -0.39 is 10.7 Å². The Morgan fingerprint density at radius 1 is 1.09 bits per heavy atom. The number of ether oxygens (including phenoxy) is 3. The van der Waals surface area contributed by atoms with Crippen LogP contribution in [-0.4, -0.2) is 59.6 Å². The molecule has 12 heteroatoms. The molecule has 1 aromatic heterocycles. The van der Waals surface area contributed by atoms with E-state index in [9.17, 15) is 14.5 Å². The van der Waals surface area contributed by atoms with E-state index in [2.05, 4.69) is 15.3 Å². The van der Waals surface area contributed by atoms with Crippen LogP contribution in [0.2, 0.25) is 5.02 Å². The Hall–Kier alpha value is -3.12. The van der Waals surface area contributed by atoms with Gasteiger partial charge in [0.15, 0.2) is 5.75 Å². The van der Waals surface area contributed by atoms with E-state index in [-0.39, 0.29) is 42.9 Å². The molecule has 0 saturated carbocycles. The van der Waals surface area contributed by atoms with E-state index in [1.54, 1.807) is 0 Å². The van der Waals surface area contributed by atoms with Crippen molar-refractivity contribution >= 4 is 39.7 Å². The van der Waals surface area contributed by atoms with Crippen LogP contribution in [0.3, 0.4) is 0 Å². The summed E-state index contributed by atoms with van der Waals surface area (Å²) in [6, 6.07) is 6.80. The fourth-order valence-corrected chi connectivity index (χ4v) is 2.92. The Morgan fingerprint density at radius 2 is 1.84 bits per heavy atom. The van der Waals surface area contributed by atoms with E-state index in [4.69, 9.17) is 30.9 Å². The second-order valence-electron chi connectivity index (χ2n) is 6.37. The number of hydrogen-bond donors (Lipinski definition) is 2. The largest absolute Gasteiger partial charge is 0.484 e. The summed E-state index contributed by atoms with van der Waals surface area (Å²) < 4.78 is 29.3. The van der Waals surface area contributed by atoms with Crippen molar-refractivity contribution in [1.82, 2.24) is 9.97 Å². The number of nitro benzene ring substituents is 1. The molecule has 32 heavy (non-hydrogen) atoms. The van der Waals surface area contributed by atoms with Crippen molar-refractivity contribution in [3.63, 3.8) is 0 Å². The predicted molar refractivity (Wildman–Crippen MR) is 115 cm³/mol. The molecule has 0 unspecified atom stereocenters. The van der Waals surface area contributed by atoms with E-state index in [0.717, 1.165) is 0 Å². The molecular weight excluding hydrogens is 447 g/mol. The van der Waals surface area contributed by atoms with E-state index in [0.29, 0.717) is 35.6 Å². The monoisotopic (exact) mass is 466 g/mol. The third-order valence-corrected chi connectivity index (χ3v) is 4.48. The van der Waals surface area contributed by atoms with Crippen LogP contribution in [0.15, 0.2) is 36.7 Å². The SMILES string of the molecule is O=[N+]([O-])c1cc2c(Nc3ccc(F)c(Cl)c3)ncnc2cc1OCCOCCOCCO. The topological polar surface area (TPSA) is 129 Å². The minimum Gasteiger partial charge on any atom is -0.484 e. The zero-order chi connectivity index (χ0) is 22.9. The standard InChI is InChI=1S/C20H20ClFN4O6/c21-15-9-13(1-2-16(15)22)25-20-14-10-18(26(28)29)19(11-17(14)23-12-24-20)32-8-7-31-6-5-30-4-3-27/h1-2,9-12,27H,3-8H2,(H,23,24,25). The number of aliphatic hydroxyl groups excluding tert-OH is 1. The highest BCUT2D eigenvalue weighted by Gasteiger charge is 2.19. The van der Waals surface area contributed by atoms with Gasteiger partial charge < -0.3 is 24.6 Å². The molecule has 2 aromatic carbocycles. The van der Waals surface area contributed by atoms with Gasteiger partial charge in [0.1, 0.15) is 24.6 Å².